The Morgan fingerprint density at radius 1 is 1.73 bits per heavy atom. The Kier molecular flexibility index (Phi) is 3.62. The van der Waals surface area contributed by atoms with Gasteiger partial charge in [0.25, 0.3) is 0 Å². The fourth-order valence-corrected chi connectivity index (χ4v) is 1.07. The maximum Gasteiger partial charge on any atom is 0.413 e. The molecule has 0 spiro atoms. The number of aromatic nitrogens is 2. The minimum Gasteiger partial charge on any atom is -0.447 e. The number of anilines is 1. The molecular formula is C8H12N4O2S. The van der Waals surface area contributed by atoms with E-state index in [1.807, 2.05) is 0 Å². The van der Waals surface area contributed by atoms with Gasteiger partial charge in [0.05, 0.1) is 17.9 Å². The van der Waals surface area contributed by atoms with Gasteiger partial charge in [-0.15, -0.1) is 0 Å². The van der Waals surface area contributed by atoms with Crippen LogP contribution in [0.3, 0.4) is 0 Å². The molecule has 0 saturated carbocycles. The molecule has 1 rings (SSSR count). The maximum atomic E-state index is 11.2. The van der Waals surface area contributed by atoms with Crippen LogP contribution in [-0.2, 0) is 4.74 Å². The summed E-state index contributed by atoms with van der Waals surface area (Å²) in [7, 11) is 0. The van der Waals surface area contributed by atoms with Gasteiger partial charge in [-0.05, 0) is 13.8 Å². The van der Waals surface area contributed by atoms with Crippen LogP contribution in [0.4, 0.5) is 10.6 Å². The minimum absolute atomic E-state index is 0.156. The van der Waals surface area contributed by atoms with Crippen molar-refractivity contribution in [3.8, 4) is 0 Å². The van der Waals surface area contributed by atoms with E-state index in [-0.39, 0.29) is 11.1 Å². The third-order valence-corrected chi connectivity index (χ3v) is 1.69. The van der Waals surface area contributed by atoms with Crippen LogP contribution < -0.4 is 11.1 Å². The molecular weight excluding hydrogens is 216 g/mol. The Labute approximate surface area is 92.2 Å². The zero-order valence-corrected chi connectivity index (χ0v) is 9.22. The molecule has 1 heterocycles. The van der Waals surface area contributed by atoms with Crippen LogP contribution in [0.2, 0.25) is 0 Å². The number of carbonyl (C=O) groups is 1. The highest BCUT2D eigenvalue weighted by Gasteiger charge is 2.12. The van der Waals surface area contributed by atoms with Crippen LogP contribution in [0.15, 0.2) is 6.20 Å². The summed E-state index contributed by atoms with van der Waals surface area (Å²) in [6.07, 6.45) is 0.667. The summed E-state index contributed by atoms with van der Waals surface area (Å²) in [6.45, 7) is 3.50. The van der Waals surface area contributed by atoms with Crippen molar-refractivity contribution in [2.24, 2.45) is 5.73 Å². The van der Waals surface area contributed by atoms with E-state index in [4.69, 9.17) is 22.7 Å². The summed E-state index contributed by atoms with van der Waals surface area (Å²) in [5.41, 5.74) is 5.89. The minimum atomic E-state index is -0.577. The summed E-state index contributed by atoms with van der Waals surface area (Å²) in [5, 5.41) is 8.73. The first kappa shape index (κ1) is 11.4. The van der Waals surface area contributed by atoms with Crippen LogP contribution in [0.5, 0.6) is 0 Å². The number of hydrogen-bond donors (Lipinski definition) is 3. The molecule has 1 amide bonds. The van der Waals surface area contributed by atoms with Gasteiger partial charge in [0, 0.05) is 0 Å². The summed E-state index contributed by atoms with van der Waals surface area (Å²) in [6, 6.07) is 0. The Balaban J connectivity index is 2.68. The molecule has 1 aromatic rings. The van der Waals surface area contributed by atoms with Crippen LogP contribution >= 0.6 is 12.2 Å². The first-order valence-electron chi connectivity index (χ1n) is 4.31. The molecule has 0 radical (unpaired) electrons. The van der Waals surface area contributed by atoms with Gasteiger partial charge in [0.15, 0.2) is 0 Å². The van der Waals surface area contributed by atoms with Gasteiger partial charge in [0.2, 0.25) is 0 Å². The zero-order chi connectivity index (χ0) is 11.4. The number of hydrogen-bond acceptors (Lipinski definition) is 4. The molecule has 0 atom stereocenters. The monoisotopic (exact) mass is 228 g/mol. The number of nitrogens with one attached hydrogen (secondary N) is 2. The Bertz CT molecular complexity index is 374. The van der Waals surface area contributed by atoms with Crippen molar-refractivity contribution in [3.63, 3.8) is 0 Å². The van der Waals surface area contributed by atoms with Crippen molar-refractivity contribution < 1.29 is 9.53 Å². The summed E-state index contributed by atoms with van der Waals surface area (Å²) in [5.74, 6) is 0.341. The molecule has 1 aromatic heterocycles. The first-order chi connectivity index (χ1) is 7.00. The highest BCUT2D eigenvalue weighted by Crippen LogP contribution is 2.10. The lowest BCUT2D eigenvalue weighted by atomic mass is 10.3. The van der Waals surface area contributed by atoms with Crippen LogP contribution in [0, 0.1) is 0 Å². The summed E-state index contributed by atoms with van der Waals surface area (Å²) < 4.78 is 4.88. The number of ether oxygens (including phenoxy) is 1. The number of H-pyrrole nitrogens is 1. The predicted molar refractivity (Wildman–Crippen MR) is 59.7 cm³/mol. The molecule has 4 N–H and O–H groups in total. The van der Waals surface area contributed by atoms with E-state index in [2.05, 4.69) is 15.5 Å². The van der Waals surface area contributed by atoms with Crippen LogP contribution in [0.1, 0.15) is 19.4 Å². The van der Waals surface area contributed by atoms with Crippen molar-refractivity contribution in [2.75, 3.05) is 5.32 Å². The lowest BCUT2D eigenvalue weighted by Gasteiger charge is -2.08. The maximum absolute atomic E-state index is 11.2. The van der Waals surface area contributed by atoms with Gasteiger partial charge in [-0.25, -0.2) is 4.79 Å². The Morgan fingerprint density at radius 3 is 2.93 bits per heavy atom. The molecule has 0 aromatic carbocycles. The number of nitrogens with zero attached hydrogens (tertiary/aromatic N) is 1. The fraction of sp³-hybridized carbons (Fsp3) is 0.375. The zero-order valence-electron chi connectivity index (χ0n) is 8.40. The van der Waals surface area contributed by atoms with Gasteiger partial charge in [-0.3, -0.25) is 10.4 Å². The average Bonchev–Trinajstić information content (AvgIpc) is 2.50. The standard InChI is InChI=1S/C8H12N4O2S/c1-4(2)14-8(13)11-7-5(6(9)15)3-10-12-7/h3-4H,1-2H3,(H2,9,15)(H2,10,11,12,13). The van der Waals surface area contributed by atoms with E-state index in [1.165, 1.54) is 6.20 Å². The summed E-state index contributed by atoms with van der Waals surface area (Å²) >= 11 is 4.77. The van der Waals surface area contributed by atoms with E-state index in [0.29, 0.717) is 11.4 Å². The van der Waals surface area contributed by atoms with Crippen molar-refractivity contribution in [1.82, 2.24) is 10.2 Å². The van der Waals surface area contributed by atoms with Gasteiger partial charge in [0.1, 0.15) is 10.8 Å². The molecule has 0 bridgehead atoms. The topological polar surface area (TPSA) is 93.0 Å². The molecule has 0 fully saturated rings. The largest absolute Gasteiger partial charge is 0.447 e. The number of aromatic amines is 1. The molecule has 15 heavy (non-hydrogen) atoms. The van der Waals surface area contributed by atoms with Crippen LogP contribution in [0.25, 0.3) is 0 Å². The smallest absolute Gasteiger partial charge is 0.413 e. The molecule has 0 aliphatic carbocycles. The van der Waals surface area contributed by atoms with E-state index in [0.717, 1.165) is 0 Å². The molecule has 0 unspecified atom stereocenters. The predicted octanol–water partition coefficient (Wildman–Crippen LogP) is 1.00. The molecule has 0 saturated heterocycles. The molecule has 82 valence electrons. The molecule has 6 nitrogen and oxygen atoms in total. The normalized spacial score (nSPS) is 10.1. The molecule has 0 aliphatic heterocycles. The van der Waals surface area contributed by atoms with Crippen molar-refractivity contribution in [2.45, 2.75) is 20.0 Å². The Morgan fingerprint density at radius 2 is 2.40 bits per heavy atom. The lowest BCUT2D eigenvalue weighted by Crippen LogP contribution is -2.20. The molecule has 7 heteroatoms. The highest BCUT2D eigenvalue weighted by atomic mass is 32.1. The second kappa shape index (κ2) is 4.74. The van der Waals surface area contributed by atoms with Crippen molar-refractivity contribution in [3.05, 3.63) is 11.8 Å². The lowest BCUT2D eigenvalue weighted by molar-refractivity contribution is 0.130. The average molecular weight is 228 g/mol. The van der Waals surface area contributed by atoms with Gasteiger partial charge >= 0.3 is 6.09 Å². The van der Waals surface area contributed by atoms with E-state index >= 15 is 0 Å². The number of thiocarbonyl (C=S) groups is 1. The molecule has 0 aliphatic rings. The Hall–Kier alpha value is -1.63. The van der Waals surface area contributed by atoms with Gasteiger partial charge in [-0.2, -0.15) is 5.10 Å². The van der Waals surface area contributed by atoms with E-state index < -0.39 is 6.09 Å². The third-order valence-electron chi connectivity index (χ3n) is 1.47. The first-order valence-corrected chi connectivity index (χ1v) is 4.72. The van der Waals surface area contributed by atoms with Gasteiger partial charge in [-0.1, -0.05) is 12.2 Å². The van der Waals surface area contributed by atoms with Crippen molar-refractivity contribution >= 4 is 29.1 Å². The van der Waals surface area contributed by atoms with E-state index in [1.54, 1.807) is 13.8 Å². The number of nitrogens with two attached hydrogens (primary N) is 1. The SMILES string of the molecule is CC(C)OC(=O)Nc1[nH]ncc1C(N)=S. The number of rotatable bonds is 3. The number of carbonyl (C=O) groups excluding carboxylic acids is 1. The van der Waals surface area contributed by atoms with Crippen LogP contribution in [-0.4, -0.2) is 27.4 Å². The third kappa shape index (κ3) is 3.21. The number of amides is 1. The van der Waals surface area contributed by atoms with Gasteiger partial charge < -0.3 is 10.5 Å². The van der Waals surface area contributed by atoms with E-state index in [9.17, 15) is 4.79 Å². The second-order valence-corrected chi connectivity index (χ2v) is 3.54. The quantitative estimate of drug-likeness (QED) is 0.671. The second-order valence-electron chi connectivity index (χ2n) is 3.10. The highest BCUT2D eigenvalue weighted by molar-refractivity contribution is 7.80. The summed E-state index contributed by atoms with van der Waals surface area (Å²) in [4.78, 5) is 11.4. The fourth-order valence-electron chi connectivity index (χ4n) is 0.914. The van der Waals surface area contributed by atoms with Crippen molar-refractivity contribution in [1.29, 1.82) is 0 Å².